The van der Waals surface area contributed by atoms with Gasteiger partial charge in [-0.2, -0.15) is 13.2 Å². The maximum absolute atomic E-state index is 12.9. The zero-order valence-corrected chi connectivity index (χ0v) is 16.3. The molecule has 0 amide bonds. The van der Waals surface area contributed by atoms with Crippen molar-refractivity contribution in [2.24, 2.45) is 7.05 Å². The third kappa shape index (κ3) is 3.09. The molecule has 0 fully saturated rings. The van der Waals surface area contributed by atoms with E-state index in [1.165, 1.54) is 18.5 Å². The maximum Gasteiger partial charge on any atom is 0.416 e. The molecule has 0 aliphatic rings. The predicted octanol–water partition coefficient (Wildman–Crippen LogP) is 5.93. The summed E-state index contributed by atoms with van der Waals surface area (Å²) in [5.41, 5.74) is 3.35. The summed E-state index contributed by atoms with van der Waals surface area (Å²) in [4.78, 5) is 8.77. The summed E-state index contributed by atoms with van der Waals surface area (Å²) >= 11 is 2.25. The monoisotopic (exact) mass is 479 g/mol. The first-order valence-corrected chi connectivity index (χ1v) is 9.17. The standard InChI is InChI=1S/C20H13F3IN3/c1-27-18(13-5-3-2-4-6-13)16(24)15-17(25-11-26-19(15)27)12-7-9-14(10-8-12)20(21,22)23/h2-11H,1H3. The van der Waals surface area contributed by atoms with Crippen LogP contribution in [0.5, 0.6) is 0 Å². The first-order chi connectivity index (χ1) is 12.9. The number of rotatable bonds is 2. The summed E-state index contributed by atoms with van der Waals surface area (Å²) in [6.07, 6.45) is -2.92. The first kappa shape index (κ1) is 18.0. The van der Waals surface area contributed by atoms with Crippen molar-refractivity contribution >= 4 is 33.6 Å². The number of hydrogen-bond acceptors (Lipinski definition) is 2. The van der Waals surface area contributed by atoms with Crippen molar-refractivity contribution in [1.29, 1.82) is 0 Å². The molecule has 2 heterocycles. The fraction of sp³-hybridized carbons (Fsp3) is 0.100. The second kappa shape index (κ2) is 6.63. The molecule has 3 nitrogen and oxygen atoms in total. The summed E-state index contributed by atoms with van der Waals surface area (Å²) in [6, 6.07) is 15.0. The highest BCUT2D eigenvalue weighted by Gasteiger charge is 2.30. The Labute approximate surface area is 167 Å². The van der Waals surface area contributed by atoms with Crippen LogP contribution >= 0.6 is 22.6 Å². The molecule has 0 saturated carbocycles. The van der Waals surface area contributed by atoms with E-state index in [2.05, 4.69) is 32.6 Å². The Kier molecular flexibility index (Phi) is 4.41. The Bertz CT molecular complexity index is 1120. The van der Waals surface area contributed by atoms with E-state index in [1.54, 1.807) is 0 Å². The Morgan fingerprint density at radius 1 is 0.889 bits per heavy atom. The fourth-order valence-electron chi connectivity index (χ4n) is 3.16. The van der Waals surface area contributed by atoms with Crippen molar-refractivity contribution < 1.29 is 13.2 Å². The summed E-state index contributed by atoms with van der Waals surface area (Å²) in [7, 11) is 1.93. The van der Waals surface area contributed by atoms with Crippen molar-refractivity contribution in [3.8, 4) is 22.5 Å². The molecule has 4 aromatic rings. The summed E-state index contributed by atoms with van der Waals surface area (Å²) in [5, 5.41) is 0.833. The Hall–Kier alpha value is -2.42. The lowest BCUT2D eigenvalue weighted by atomic mass is 10.1. The van der Waals surface area contributed by atoms with Gasteiger partial charge in [0, 0.05) is 12.6 Å². The van der Waals surface area contributed by atoms with Gasteiger partial charge in [0.05, 0.1) is 25.9 Å². The van der Waals surface area contributed by atoms with Gasteiger partial charge in [0.2, 0.25) is 0 Å². The van der Waals surface area contributed by atoms with Crippen LogP contribution in [0.1, 0.15) is 5.56 Å². The summed E-state index contributed by atoms with van der Waals surface area (Å²) in [6.45, 7) is 0. The predicted molar refractivity (Wildman–Crippen MR) is 107 cm³/mol. The molecule has 0 N–H and O–H groups in total. The van der Waals surface area contributed by atoms with E-state index in [-0.39, 0.29) is 0 Å². The van der Waals surface area contributed by atoms with E-state index in [0.717, 1.165) is 38.0 Å². The van der Waals surface area contributed by atoms with Crippen LogP contribution in [0.3, 0.4) is 0 Å². The van der Waals surface area contributed by atoms with Crippen LogP contribution in [0.4, 0.5) is 13.2 Å². The van der Waals surface area contributed by atoms with Crippen molar-refractivity contribution in [1.82, 2.24) is 14.5 Å². The molecule has 4 rings (SSSR count). The average Bonchev–Trinajstić information content (AvgIpc) is 2.93. The van der Waals surface area contributed by atoms with E-state index in [1.807, 2.05) is 41.9 Å². The molecule has 7 heteroatoms. The summed E-state index contributed by atoms with van der Waals surface area (Å²) in [5.74, 6) is 0. The van der Waals surface area contributed by atoms with E-state index in [4.69, 9.17) is 0 Å². The normalized spacial score (nSPS) is 11.9. The van der Waals surface area contributed by atoms with Crippen molar-refractivity contribution in [3.05, 3.63) is 70.1 Å². The van der Waals surface area contributed by atoms with E-state index >= 15 is 0 Å². The minimum Gasteiger partial charge on any atom is -0.327 e. The van der Waals surface area contributed by atoms with E-state index in [0.29, 0.717) is 11.3 Å². The molecule has 0 saturated heterocycles. The number of halogens is 4. The second-order valence-corrected chi connectivity index (χ2v) is 7.16. The molecule has 0 radical (unpaired) electrons. The van der Waals surface area contributed by atoms with Gasteiger partial charge in [-0.25, -0.2) is 9.97 Å². The quantitative estimate of drug-likeness (QED) is 0.334. The summed E-state index contributed by atoms with van der Waals surface area (Å²) < 4.78 is 41.5. The SMILES string of the molecule is Cn1c(-c2ccccc2)c(I)c2c(-c3ccc(C(F)(F)F)cc3)ncnc21. The molecular formula is C20H13F3IN3. The van der Waals surface area contributed by atoms with Gasteiger partial charge >= 0.3 is 6.18 Å². The molecule has 0 spiro atoms. The maximum atomic E-state index is 12.9. The Balaban J connectivity index is 1.93. The molecule has 27 heavy (non-hydrogen) atoms. The highest BCUT2D eigenvalue weighted by atomic mass is 127. The molecule has 0 unspecified atom stereocenters. The van der Waals surface area contributed by atoms with Crippen molar-refractivity contribution in [3.63, 3.8) is 0 Å². The first-order valence-electron chi connectivity index (χ1n) is 8.10. The zero-order valence-electron chi connectivity index (χ0n) is 14.1. The Morgan fingerprint density at radius 3 is 2.19 bits per heavy atom. The van der Waals surface area contributed by atoms with E-state index in [9.17, 15) is 13.2 Å². The minimum atomic E-state index is -4.36. The van der Waals surface area contributed by atoms with Gasteiger partial charge in [0.15, 0.2) is 0 Å². The highest BCUT2D eigenvalue weighted by Crippen LogP contribution is 2.38. The molecule has 136 valence electrons. The molecule has 0 aliphatic heterocycles. The topological polar surface area (TPSA) is 30.7 Å². The van der Waals surface area contributed by atoms with Crippen LogP contribution in [0, 0.1) is 3.57 Å². The number of aromatic nitrogens is 3. The van der Waals surface area contributed by atoms with Gasteiger partial charge in [-0.1, -0.05) is 42.5 Å². The van der Waals surface area contributed by atoms with E-state index < -0.39 is 11.7 Å². The van der Waals surface area contributed by atoms with Gasteiger partial charge in [-0.05, 0) is 40.3 Å². The lowest BCUT2D eigenvalue weighted by Gasteiger charge is -2.08. The molecule has 0 aliphatic carbocycles. The van der Waals surface area contributed by atoms with Crippen molar-refractivity contribution in [2.75, 3.05) is 0 Å². The number of benzene rings is 2. The number of fused-ring (bicyclic) bond motifs is 1. The minimum absolute atomic E-state index is 0.621. The molecule has 0 bridgehead atoms. The molecular weight excluding hydrogens is 466 g/mol. The number of aryl methyl sites for hydroxylation is 1. The second-order valence-electron chi connectivity index (χ2n) is 6.08. The number of alkyl halides is 3. The number of hydrogen-bond donors (Lipinski definition) is 0. The van der Waals surface area contributed by atoms with Gasteiger partial charge in [-0.15, -0.1) is 0 Å². The largest absolute Gasteiger partial charge is 0.416 e. The molecule has 0 atom stereocenters. The third-order valence-corrected chi connectivity index (χ3v) is 5.49. The lowest BCUT2D eigenvalue weighted by molar-refractivity contribution is -0.137. The number of nitrogens with zero attached hydrogens (tertiary/aromatic N) is 3. The molecule has 2 aromatic carbocycles. The van der Waals surface area contributed by atoms with Crippen LogP contribution in [0.2, 0.25) is 0 Å². The lowest BCUT2D eigenvalue weighted by Crippen LogP contribution is -2.04. The van der Waals surface area contributed by atoms with Crippen LogP contribution in [-0.4, -0.2) is 14.5 Å². The average molecular weight is 479 g/mol. The van der Waals surface area contributed by atoms with Gasteiger partial charge in [-0.3, -0.25) is 0 Å². The molecule has 2 aromatic heterocycles. The fourth-order valence-corrected chi connectivity index (χ4v) is 4.33. The van der Waals surface area contributed by atoms with Crippen LogP contribution < -0.4 is 0 Å². The Morgan fingerprint density at radius 2 is 1.56 bits per heavy atom. The smallest absolute Gasteiger partial charge is 0.327 e. The van der Waals surface area contributed by atoms with Gasteiger partial charge in [0.25, 0.3) is 0 Å². The van der Waals surface area contributed by atoms with Crippen LogP contribution in [0.15, 0.2) is 60.9 Å². The van der Waals surface area contributed by atoms with Gasteiger partial charge in [0.1, 0.15) is 12.0 Å². The zero-order chi connectivity index (χ0) is 19.2. The highest BCUT2D eigenvalue weighted by molar-refractivity contribution is 14.1. The van der Waals surface area contributed by atoms with Crippen LogP contribution in [-0.2, 0) is 13.2 Å². The van der Waals surface area contributed by atoms with Crippen LogP contribution in [0.25, 0.3) is 33.5 Å². The third-order valence-electron chi connectivity index (χ3n) is 4.44. The van der Waals surface area contributed by atoms with Crippen molar-refractivity contribution in [2.45, 2.75) is 6.18 Å². The van der Waals surface area contributed by atoms with Gasteiger partial charge < -0.3 is 4.57 Å².